The number of carbonyl (C=O) groups excluding carboxylic acids is 1. The van der Waals surface area contributed by atoms with E-state index in [2.05, 4.69) is 11.0 Å². The quantitative estimate of drug-likeness (QED) is 0.536. The zero-order valence-electron chi connectivity index (χ0n) is 17.9. The molecule has 2 saturated heterocycles. The van der Waals surface area contributed by atoms with Gasteiger partial charge in [-0.3, -0.25) is 4.79 Å². The van der Waals surface area contributed by atoms with Crippen molar-refractivity contribution >= 4 is 28.9 Å². The van der Waals surface area contributed by atoms with Gasteiger partial charge in [0.25, 0.3) is 0 Å². The van der Waals surface area contributed by atoms with Gasteiger partial charge >= 0.3 is 0 Å². The molecule has 1 aromatic carbocycles. The zero-order valence-corrected chi connectivity index (χ0v) is 18.6. The van der Waals surface area contributed by atoms with Crippen LogP contribution < -0.4 is 10.1 Å². The van der Waals surface area contributed by atoms with Crippen molar-refractivity contribution in [3.05, 3.63) is 22.7 Å². The van der Waals surface area contributed by atoms with Crippen LogP contribution in [0.4, 0.5) is 5.69 Å². The SMILES string of the molecule is C[NH2+]c1ccc(OC)c(Cl)c1C(=N)C(C)CC(=O)N1C2CC3CC1CC(C#N)(C3)C2. The first-order valence-corrected chi connectivity index (χ1v) is 11.2. The molecule has 3 atom stereocenters. The van der Waals surface area contributed by atoms with E-state index in [-0.39, 0.29) is 35.7 Å². The van der Waals surface area contributed by atoms with Gasteiger partial charge in [-0.15, -0.1) is 0 Å². The molecule has 3 unspecified atom stereocenters. The number of carbonyl (C=O) groups is 1. The lowest BCUT2D eigenvalue weighted by Gasteiger charge is -2.59. The molecular formula is C23H30ClN4O2+. The minimum absolute atomic E-state index is 0.107. The predicted octanol–water partition coefficient (Wildman–Crippen LogP) is 3.25. The van der Waals surface area contributed by atoms with Crippen LogP contribution in [0.15, 0.2) is 12.1 Å². The molecule has 7 heteroatoms. The van der Waals surface area contributed by atoms with Gasteiger partial charge in [0.15, 0.2) is 0 Å². The van der Waals surface area contributed by atoms with Crippen molar-refractivity contribution < 1.29 is 14.8 Å². The highest BCUT2D eigenvalue weighted by Gasteiger charge is 2.56. The molecule has 160 valence electrons. The largest absolute Gasteiger partial charge is 0.495 e. The molecule has 4 aliphatic rings. The second-order valence-corrected chi connectivity index (χ2v) is 9.68. The van der Waals surface area contributed by atoms with E-state index in [1.54, 1.807) is 13.2 Å². The highest BCUT2D eigenvalue weighted by molar-refractivity contribution is 6.36. The number of rotatable bonds is 6. The number of nitrogens with two attached hydrogens (primary N) is 1. The van der Waals surface area contributed by atoms with Crippen LogP contribution in [-0.2, 0) is 4.79 Å². The van der Waals surface area contributed by atoms with Crippen LogP contribution in [0.3, 0.4) is 0 Å². The van der Waals surface area contributed by atoms with E-state index in [9.17, 15) is 10.1 Å². The maximum absolute atomic E-state index is 13.3. The summed E-state index contributed by atoms with van der Waals surface area (Å²) >= 11 is 6.54. The van der Waals surface area contributed by atoms with Crippen LogP contribution in [0.25, 0.3) is 0 Å². The summed E-state index contributed by atoms with van der Waals surface area (Å²) in [5.41, 5.74) is 1.66. The Bertz CT molecular complexity index is 909. The molecule has 1 amide bonds. The first-order chi connectivity index (χ1) is 14.3. The third-order valence-electron chi connectivity index (χ3n) is 7.37. The number of nitrogens with zero attached hydrogens (tertiary/aromatic N) is 2. The molecule has 6 nitrogen and oxygen atoms in total. The zero-order chi connectivity index (χ0) is 21.6. The van der Waals surface area contributed by atoms with E-state index in [1.165, 1.54) is 0 Å². The molecule has 2 saturated carbocycles. The Morgan fingerprint density at radius 3 is 2.63 bits per heavy atom. The van der Waals surface area contributed by atoms with Gasteiger partial charge in [-0.05, 0) is 44.1 Å². The lowest BCUT2D eigenvalue weighted by molar-refractivity contribution is -0.539. The van der Waals surface area contributed by atoms with Crippen LogP contribution in [0.2, 0.25) is 5.02 Å². The number of ether oxygens (including phenoxy) is 1. The van der Waals surface area contributed by atoms with Crippen LogP contribution in [0, 0.1) is 34.0 Å². The Hall–Kier alpha value is -2.10. The lowest BCUT2D eigenvalue weighted by atomic mass is 9.56. The number of piperidine rings is 2. The van der Waals surface area contributed by atoms with Gasteiger partial charge in [0, 0.05) is 36.2 Å². The van der Waals surface area contributed by atoms with E-state index < -0.39 is 0 Å². The Balaban J connectivity index is 1.51. The molecule has 1 aromatic rings. The van der Waals surface area contributed by atoms with Crippen LogP contribution >= 0.6 is 11.6 Å². The highest BCUT2D eigenvalue weighted by Crippen LogP contribution is 2.56. The lowest BCUT2D eigenvalue weighted by Crippen LogP contribution is -2.73. The summed E-state index contributed by atoms with van der Waals surface area (Å²) in [5.74, 6) is 0.963. The fourth-order valence-electron chi connectivity index (χ4n) is 6.13. The second-order valence-electron chi connectivity index (χ2n) is 9.30. The topological polar surface area (TPSA) is 93.8 Å². The van der Waals surface area contributed by atoms with E-state index in [0.717, 1.165) is 37.8 Å². The molecule has 4 bridgehead atoms. The minimum Gasteiger partial charge on any atom is -0.495 e. The number of nitrogens with one attached hydrogen (secondary N) is 1. The summed E-state index contributed by atoms with van der Waals surface area (Å²) in [6, 6.07) is 6.64. The molecule has 3 N–H and O–H groups in total. The third kappa shape index (κ3) is 3.38. The van der Waals surface area contributed by atoms with Gasteiger partial charge in [0.05, 0.1) is 36.2 Å². The van der Waals surface area contributed by atoms with Crippen molar-refractivity contribution in [3.63, 3.8) is 0 Å². The molecule has 30 heavy (non-hydrogen) atoms. The molecule has 5 rings (SSSR count). The van der Waals surface area contributed by atoms with Gasteiger partial charge in [-0.25, -0.2) is 0 Å². The fraction of sp³-hybridized carbons (Fsp3) is 0.609. The second kappa shape index (κ2) is 7.86. The van der Waals surface area contributed by atoms with Crippen molar-refractivity contribution in [2.75, 3.05) is 14.2 Å². The van der Waals surface area contributed by atoms with Crippen molar-refractivity contribution in [1.29, 1.82) is 10.7 Å². The number of methoxy groups -OCH3 is 1. The van der Waals surface area contributed by atoms with Gasteiger partial charge in [0.2, 0.25) is 5.91 Å². The highest BCUT2D eigenvalue weighted by atomic mass is 35.5. The number of amides is 1. The van der Waals surface area contributed by atoms with E-state index in [0.29, 0.717) is 28.0 Å². The van der Waals surface area contributed by atoms with Gasteiger partial charge in [-0.2, -0.15) is 5.26 Å². The number of nitriles is 1. The van der Waals surface area contributed by atoms with E-state index in [4.69, 9.17) is 21.7 Å². The third-order valence-corrected chi connectivity index (χ3v) is 7.74. The molecule has 0 radical (unpaired) electrons. The fourth-order valence-corrected chi connectivity index (χ4v) is 6.48. The van der Waals surface area contributed by atoms with E-state index >= 15 is 0 Å². The first-order valence-electron chi connectivity index (χ1n) is 10.8. The average molecular weight is 430 g/mol. The van der Waals surface area contributed by atoms with Crippen LogP contribution in [0.5, 0.6) is 5.75 Å². The molecule has 2 aliphatic heterocycles. The summed E-state index contributed by atoms with van der Waals surface area (Å²) in [6.07, 6.45) is 4.95. The van der Waals surface area contributed by atoms with Crippen molar-refractivity contribution in [2.24, 2.45) is 17.3 Å². The predicted molar refractivity (Wildman–Crippen MR) is 115 cm³/mol. The van der Waals surface area contributed by atoms with E-state index in [1.807, 2.05) is 25.4 Å². The summed E-state index contributed by atoms with van der Waals surface area (Å²) in [5, 5.41) is 20.8. The number of hydrogen-bond acceptors (Lipinski definition) is 4. The van der Waals surface area contributed by atoms with Crippen molar-refractivity contribution in [3.8, 4) is 11.8 Å². The number of benzene rings is 1. The van der Waals surface area contributed by atoms with Gasteiger partial charge in [0.1, 0.15) is 11.4 Å². The molecule has 2 heterocycles. The Kier molecular flexibility index (Phi) is 5.54. The summed E-state index contributed by atoms with van der Waals surface area (Å²) in [4.78, 5) is 15.4. The average Bonchev–Trinajstić information content (AvgIpc) is 2.72. The Labute approximate surface area is 183 Å². The molecule has 0 aromatic heterocycles. The standard InChI is InChI=1S/C23H29ClN4O2/c1-13(22(26)20-17(27-2)4-5-18(30-3)21(20)24)6-19(29)28-15-7-14-8-16(28)11-23(9-14,10-15)12-25/h4-5,13-16,26-27H,6-11H2,1-3H3/p+1. The number of halogens is 1. The normalized spacial score (nSPS) is 30.1. The van der Waals surface area contributed by atoms with Crippen LogP contribution in [-0.4, -0.2) is 42.8 Å². The molecule has 4 fully saturated rings. The van der Waals surface area contributed by atoms with Crippen molar-refractivity contribution in [2.45, 2.75) is 57.5 Å². The molecule has 2 aliphatic carbocycles. The number of hydrogen-bond donors (Lipinski definition) is 2. The van der Waals surface area contributed by atoms with Crippen molar-refractivity contribution in [1.82, 2.24) is 4.90 Å². The Morgan fingerprint density at radius 2 is 2.07 bits per heavy atom. The summed E-state index contributed by atoms with van der Waals surface area (Å²) < 4.78 is 5.33. The first kappa shape index (κ1) is 21.1. The van der Waals surface area contributed by atoms with Crippen LogP contribution in [0.1, 0.15) is 51.0 Å². The maximum atomic E-state index is 13.3. The summed E-state index contributed by atoms with van der Waals surface area (Å²) in [7, 11) is 3.47. The Morgan fingerprint density at radius 1 is 1.40 bits per heavy atom. The smallest absolute Gasteiger partial charge is 0.223 e. The summed E-state index contributed by atoms with van der Waals surface area (Å²) in [6.45, 7) is 1.92. The molecular weight excluding hydrogens is 400 g/mol. The molecule has 0 spiro atoms. The monoisotopic (exact) mass is 429 g/mol. The van der Waals surface area contributed by atoms with Gasteiger partial charge in [-0.1, -0.05) is 18.5 Å². The minimum atomic E-state index is -0.261. The maximum Gasteiger partial charge on any atom is 0.223 e. The number of quaternary nitrogens is 1. The van der Waals surface area contributed by atoms with Gasteiger partial charge < -0.3 is 20.4 Å².